The lowest BCUT2D eigenvalue weighted by molar-refractivity contribution is -0.645. The maximum Gasteiger partial charge on any atom is 0.244 e. The molecule has 4 nitrogen and oxygen atoms in total. The maximum absolute atomic E-state index is 10.4. The molecule has 2 aromatic rings. The van der Waals surface area contributed by atoms with Crippen molar-refractivity contribution in [2.75, 3.05) is 13.2 Å². The van der Waals surface area contributed by atoms with Crippen molar-refractivity contribution in [2.45, 2.75) is 45.8 Å². The van der Waals surface area contributed by atoms with Crippen molar-refractivity contribution in [3.63, 3.8) is 0 Å². The fourth-order valence-corrected chi connectivity index (χ4v) is 3.44. The summed E-state index contributed by atoms with van der Waals surface area (Å²) in [5.41, 5.74) is 4.93. The van der Waals surface area contributed by atoms with E-state index in [9.17, 15) is 5.11 Å². The van der Waals surface area contributed by atoms with Gasteiger partial charge in [-0.2, -0.15) is 0 Å². The summed E-state index contributed by atoms with van der Waals surface area (Å²) in [5.74, 6) is 0.609. The molecule has 1 N–H and O–H groups in total. The number of aliphatic hydroxyl groups excluding tert-OH is 1. The summed E-state index contributed by atoms with van der Waals surface area (Å²) >= 11 is 0. The lowest BCUT2D eigenvalue weighted by atomic mass is 9.95. The number of imidazole rings is 1. The van der Waals surface area contributed by atoms with Crippen LogP contribution in [0.25, 0.3) is 11.0 Å². The normalized spacial score (nSPS) is 19.1. The quantitative estimate of drug-likeness (QED) is 0.654. The van der Waals surface area contributed by atoms with Gasteiger partial charge in [0.25, 0.3) is 0 Å². The minimum absolute atomic E-state index is 0.397. The summed E-state index contributed by atoms with van der Waals surface area (Å²) in [6.07, 6.45) is 9.51. The van der Waals surface area contributed by atoms with Crippen molar-refractivity contribution >= 4 is 11.0 Å². The predicted molar refractivity (Wildman–Crippen MR) is 95.9 cm³/mol. The van der Waals surface area contributed by atoms with E-state index in [0.717, 1.165) is 25.0 Å². The summed E-state index contributed by atoms with van der Waals surface area (Å²) in [6, 6.07) is 4.41. The van der Waals surface area contributed by atoms with E-state index in [1.807, 2.05) is 7.05 Å². The van der Waals surface area contributed by atoms with E-state index in [1.54, 1.807) is 0 Å². The van der Waals surface area contributed by atoms with E-state index < -0.39 is 6.10 Å². The number of aliphatic hydroxyl groups is 1. The van der Waals surface area contributed by atoms with Crippen LogP contribution in [0.1, 0.15) is 30.4 Å². The number of fused-ring (bicyclic) bond motifs is 1. The Bertz CT molecular complexity index is 733. The second kappa shape index (κ2) is 7.49. The first kappa shape index (κ1) is 17.2. The Morgan fingerprint density at radius 3 is 2.83 bits per heavy atom. The minimum Gasteiger partial charge on any atom is -0.387 e. The molecule has 1 aromatic carbocycles. The Morgan fingerprint density at radius 1 is 1.29 bits per heavy atom. The highest BCUT2D eigenvalue weighted by Crippen LogP contribution is 2.19. The molecule has 1 aliphatic rings. The first-order valence-corrected chi connectivity index (χ1v) is 8.91. The first-order valence-electron chi connectivity index (χ1n) is 8.91. The van der Waals surface area contributed by atoms with E-state index in [-0.39, 0.29) is 0 Å². The number of benzene rings is 1. The molecule has 4 heteroatoms. The molecule has 3 rings (SSSR count). The first-order chi connectivity index (χ1) is 11.5. The van der Waals surface area contributed by atoms with Gasteiger partial charge in [0.2, 0.25) is 6.33 Å². The summed E-state index contributed by atoms with van der Waals surface area (Å²) in [4.78, 5) is 0. The zero-order valence-electron chi connectivity index (χ0n) is 15.0. The second-order valence-electron chi connectivity index (χ2n) is 7.15. The Hall–Kier alpha value is -1.65. The highest BCUT2D eigenvalue weighted by Gasteiger charge is 2.18. The number of aryl methyl sites for hydroxylation is 3. The average molecular weight is 329 g/mol. The third-order valence-corrected chi connectivity index (χ3v) is 5.04. The van der Waals surface area contributed by atoms with Crippen LogP contribution in [0.5, 0.6) is 0 Å². The largest absolute Gasteiger partial charge is 0.387 e. The molecule has 0 fully saturated rings. The molecule has 0 saturated heterocycles. The molecule has 1 aromatic heterocycles. The van der Waals surface area contributed by atoms with Gasteiger partial charge in [0.05, 0.1) is 13.7 Å². The highest BCUT2D eigenvalue weighted by atomic mass is 16.5. The van der Waals surface area contributed by atoms with Gasteiger partial charge in [0.15, 0.2) is 11.0 Å². The van der Waals surface area contributed by atoms with Crippen LogP contribution in [0.2, 0.25) is 0 Å². The van der Waals surface area contributed by atoms with Gasteiger partial charge >= 0.3 is 0 Å². The number of hydrogen-bond donors (Lipinski definition) is 1. The third-order valence-electron chi connectivity index (χ3n) is 5.04. The summed E-state index contributed by atoms with van der Waals surface area (Å²) < 4.78 is 10.0. The van der Waals surface area contributed by atoms with E-state index >= 15 is 0 Å². The molecule has 0 spiro atoms. The van der Waals surface area contributed by atoms with Crippen molar-refractivity contribution in [1.29, 1.82) is 0 Å². The summed E-state index contributed by atoms with van der Waals surface area (Å²) in [5, 5.41) is 10.4. The molecule has 0 bridgehead atoms. The maximum atomic E-state index is 10.4. The van der Waals surface area contributed by atoms with Gasteiger partial charge in [-0.1, -0.05) is 12.2 Å². The van der Waals surface area contributed by atoms with Gasteiger partial charge in [0.1, 0.15) is 12.6 Å². The van der Waals surface area contributed by atoms with E-state index in [4.69, 9.17) is 4.74 Å². The summed E-state index contributed by atoms with van der Waals surface area (Å²) in [6.45, 7) is 5.97. The average Bonchev–Trinajstić information content (AvgIpc) is 2.84. The number of aromatic nitrogens is 2. The smallest absolute Gasteiger partial charge is 0.244 e. The molecular weight excluding hydrogens is 300 g/mol. The van der Waals surface area contributed by atoms with Gasteiger partial charge in [-0.05, 0) is 62.3 Å². The van der Waals surface area contributed by atoms with E-state index in [1.165, 1.54) is 23.1 Å². The second-order valence-corrected chi connectivity index (χ2v) is 7.15. The molecule has 1 heterocycles. The Labute approximate surface area is 144 Å². The monoisotopic (exact) mass is 329 g/mol. The lowest BCUT2D eigenvalue weighted by Crippen LogP contribution is -2.27. The minimum atomic E-state index is -0.485. The number of rotatable bonds is 6. The zero-order valence-corrected chi connectivity index (χ0v) is 15.0. The summed E-state index contributed by atoms with van der Waals surface area (Å²) in [7, 11) is 2.05. The van der Waals surface area contributed by atoms with Crippen molar-refractivity contribution in [3.05, 3.63) is 41.7 Å². The van der Waals surface area contributed by atoms with E-state index in [0.29, 0.717) is 19.1 Å². The molecule has 24 heavy (non-hydrogen) atoms. The molecule has 130 valence electrons. The standard InChI is InChI=1S/C20H29N2O2/c1-15-9-19-20(10-16(15)2)22(14-21(19)3)11-18(23)13-24-12-17-7-5-4-6-8-17/h4-5,9-10,14,17-18,23H,6-8,11-13H2,1-3H3/q+1/t17-,18+/m0/s1. The van der Waals surface area contributed by atoms with Gasteiger partial charge < -0.3 is 9.84 Å². The topological polar surface area (TPSA) is 38.3 Å². The van der Waals surface area contributed by atoms with Crippen molar-refractivity contribution in [1.82, 2.24) is 4.57 Å². The van der Waals surface area contributed by atoms with Crippen LogP contribution < -0.4 is 4.57 Å². The molecule has 0 unspecified atom stereocenters. The SMILES string of the molecule is Cc1cc2c(cc1C)[n+](C)cn2C[C@@H](O)COC[C@H]1CC=CCC1. The van der Waals surface area contributed by atoms with E-state index in [2.05, 4.69) is 53.6 Å². The Kier molecular flexibility index (Phi) is 5.36. The van der Waals surface area contributed by atoms with Gasteiger partial charge in [-0.15, -0.1) is 0 Å². The molecule has 0 amide bonds. The number of nitrogens with zero attached hydrogens (tertiary/aromatic N) is 2. The van der Waals surface area contributed by atoms with Crippen LogP contribution in [0.4, 0.5) is 0 Å². The van der Waals surface area contributed by atoms with Crippen LogP contribution in [0.3, 0.4) is 0 Å². The molecule has 0 radical (unpaired) electrons. The number of allylic oxidation sites excluding steroid dienone is 2. The van der Waals surface area contributed by atoms with Crippen LogP contribution in [-0.2, 0) is 18.3 Å². The molecular formula is C20H29N2O2+. The van der Waals surface area contributed by atoms with Crippen LogP contribution in [-0.4, -0.2) is 29.0 Å². The highest BCUT2D eigenvalue weighted by molar-refractivity contribution is 5.74. The van der Waals surface area contributed by atoms with Gasteiger partial charge in [-0.25, -0.2) is 9.13 Å². The number of hydrogen-bond acceptors (Lipinski definition) is 2. The Balaban J connectivity index is 1.60. The Morgan fingerprint density at radius 2 is 2.08 bits per heavy atom. The van der Waals surface area contributed by atoms with Crippen molar-refractivity contribution in [2.24, 2.45) is 13.0 Å². The van der Waals surface area contributed by atoms with Crippen molar-refractivity contribution in [3.8, 4) is 0 Å². The number of ether oxygens (including phenoxy) is 1. The fourth-order valence-electron chi connectivity index (χ4n) is 3.44. The van der Waals surface area contributed by atoms with Gasteiger partial charge in [-0.3, -0.25) is 0 Å². The van der Waals surface area contributed by atoms with Crippen molar-refractivity contribution < 1.29 is 14.4 Å². The van der Waals surface area contributed by atoms with Crippen LogP contribution >= 0.6 is 0 Å². The molecule has 0 aliphatic heterocycles. The molecule has 0 saturated carbocycles. The molecule has 2 atom stereocenters. The molecule has 1 aliphatic carbocycles. The fraction of sp³-hybridized carbons (Fsp3) is 0.550. The zero-order chi connectivity index (χ0) is 17.1. The van der Waals surface area contributed by atoms with Gasteiger partial charge in [0, 0.05) is 6.61 Å². The predicted octanol–water partition coefficient (Wildman–Crippen LogP) is 2.82. The third kappa shape index (κ3) is 3.87. The van der Waals surface area contributed by atoms with Crippen LogP contribution in [0.15, 0.2) is 30.6 Å². The van der Waals surface area contributed by atoms with Crippen LogP contribution in [0, 0.1) is 19.8 Å². The lowest BCUT2D eigenvalue weighted by Gasteiger charge is -2.18.